The van der Waals surface area contributed by atoms with Gasteiger partial charge in [-0.1, -0.05) is 0 Å². The molecule has 2 unspecified atom stereocenters. The number of rotatable bonds is 5. The number of likely N-dealkylation sites (N-methyl/N-ethyl adjacent to an activating group) is 1. The monoisotopic (exact) mass is 268 g/mol. The number of morpholine rings is 1. The predicted octanol–water partition coefficient (Wildman–Crippen LogP) is 2.03. The van der Waals surface area contributed by atoms with Crippen LogP contribution in [-0.4, -0.2) is 56.0 Å². The standard InChI is InChI=1S/C12H23F3N2O/c1-9(2)17-6-7-18-11(8-17)10(16-3)4-5-12(13,14)15/h9-11,16H,4-8H2,1-3H3. The molecule has 0 aromatic carbocycles. The zero-order valence-corrected chi connectivity index (χ0v) is 11.3. The first-order valence-corrected chi connectivity index (χ1v) is 6.43. The number of nitrogens with zero attached hydrogens (tertiary/aromatic N) is 1. The maximum absolute atomic E-state index is 12.2. The SMILES string of the molecule is CNC(CCC(F)(F)F)C1CN(C(C)C)CCO1. The van der Waals surface area contributed by atoms with Gasteiger partial charge in [0.2, 0.25) is 0 Å². The second kappa shape index (κ2) is 6.73. The molecule has 0 saturated carbocycles. The molecule has 3 nitrogen and oxygen atoms in total. The number of alkyl halides is 3. The zero-order valence-electron chi connectivity index (χ0n) is 11.3. The van der Waals surface area contributed by atoms with Crippen LogP contribution in [0.3, 0.4) is 0 Å². The summed E-state index contributed by atoms with van der Waals surface area (Å²) in [4.78, 5) is 2.24. The van der Waals surface area contributed by atoms with Crippen molar-refractivity contribution in [2.45, 2.75) is 51.1 Å². The molecule has 1 aliphatic heterocycles. The quantitative estimate of drug-likeness (QED) is 0.825. The normalized spacial score (nSPS) is 24.5. The third-order valence-corrected chi connectivity index (χ3v) is 3.41. The van der Waals surface area contributed by atoms with Crippen LogP contribution in [0.2, 0.25) is 0 Å². The average Bonchev–Trinajstić information content (AvgIpc) is 2.28. The van der Waals surface area contributed by atoms with Gasteiger partial charge in [-0.3, -0.25) is 4.90 Å². The first-order valence-electron chi connectivity index (χ1n) is 6.43. The Morgan fingerprint density at radius 3 is 2.56 bits per heavy atom. The highest BCUT2D eigenvalue weighted by molar-refractivity contribution is 4.83. The van der Waals surface area contributed by atoms with E-state index in [0.29, 0.717) is 19.2 Å². The highest BCUT2D eigenvalue weighted by Crippen LogP contribution is 2.24. The van der Waals surface area contributed by atoms with Crippen molar-refractivity contribution in [2.75, 3.05) is 26.7 Å². The molecular formula is C12H23F3N2O. The predicted molar refractivity (Wildman–Crippen MR) is 64.6 cm³/mol. The molecule has 0 aromatic rings. The van der Waals surface area contributed by atoms with Crippen LogP contribution in [0.15, 0.2) is 0 Å². The van der Waals surface area contributed by atoms with E-state index in [4.69, 9.17) is 4.74 Å². The van der Waals surface area contributed by atoms with Gasteiger partial charge >= 0.3 is 6.18 Å². The summed E-state index contributed by atoms with van der Waals surface area (Å²) in [5.41, 5.74) is 0. The number of ether oxygens (including phenoxy) is 1. The Labute approximate surface area is 107 Å². The Hall–Kier alpha value is -0.330. The van der Waals surface area contributed by atoms with Crippen molar-refractivity contribution in [3.05, 3.63) is 0 Å². The van der Waals surface area contributed by atoms with Gasteiger partial charge in [-0.15, -0.1) is 0 Å². The van der Waals surface area contributed by atoms with E-state index in [9.17, 15) is 13.2 Å². The van der Waals surface area contributed by atoms with E-state index in [1.807, 2.05) is 0 Å². The third kappa shape index (κ3) is 5.12. The van der Waals surface area contributed by atoms with Crippen LogP contribution in [0.25, 0.3) is 0 Å². The average molecular weight is 268 g/mol. The Morgan fingerprint density at radius 2 is 2.06 bits per heavy atom. The summed E-state index contributed by atoms with van der Waals surface area (Å²) in [5.74, 6) is 0. The molecule has 0 amide bonds. The van der Waals surface area contributed by atoms with Crippen LogP contribution in [0.1, 0.15) is 26.7 Å². The van der Waals surface area contributed by atoms with E-state index in [2.05, 4.69) is 24.1 Å². The molecule has 2 atom stereocenters. The van der Waals surface area contributed by atoms with Gasteiger partial charge in [0.1, 0.15) is 0 Å². The van der Waals surface area contributed by atoms with Crippen LogP contribution in [0.4, 0.5) is 13.2 Å². The molecule has 0 aromatic heterocycles. The first-order chi connectivity index (χ1) is 8.33. The molecule has 18 heavy (non-hydrogen) atoms. The van der Waals surface area contributed by atoms with E-state index < -0.39 is 12.6 Å². The lowest BCUT2D eigenvalue weighted by Crippen LogP contribution is -2.53. The van der Waals surface area contributed by atoms with Crippen LogP contribution in [0, 0.1) is 0 Å². The molecule has 0 aliphatic carbocycles. The topological polar surface area (TPSA) is 24.5 Å². The smallest absolute Gasteiger partial charge is 0.374 e. The molecule has 0 radical (unpaired) electrons. The Bertz CT molecular complexity index is 246. The van der Waals surface area contributed by atoms with Gasteiger partial charge in [0.05, 0.1) is 12.7 Å². The van der Waals surface area contributed by atoms with Crippen molar-refractivity contribution >= 4 is 0 Å². The molecule has 1 heterocycles. The number of hydrogen-bond acceptors (Lipinski definition) is 3. The van der Waals surface area contributed by atoms with Crippen LogP contribution in [0.5, 0.6) is 0 Å². The Balaban J connectivity index is 2.48. The van der Waals surface area contributed by atoms with E-state index >= 15 is 0 Å². The molecule has 1 aliphatic rings. The van der Waals surface area contributed by atoms with Gasteiger partial charge in [0.25, 0.3) is 0 Å². The second-order valence-electron chi connectivity index (χ2n) is 5.05. The van der Waals surface area contributed by atoms with Gasteiger partial charge in [-0.05, 0) is 27.3 Å². The van der Waals surface area contributed by atoms with E-state index in [1.165, 1.54) is 0 Å². The molecule has 1 N–H and O–H groups in total. The highest BCUT2D eigenvalue weighted by Gasteiger charge is 2.33. The van der Waals surface area contributed by atoms with E-state index in [0.717, 1.165) is 6.54 Å². The fourth-order valence-electron chi connectivity index (χ4n) is 2.24. The summed E-state index contributed by atoms with van der Waals surface area (Å²) in [6, 6.07) is 0.157. The van der Waals surface area contributed by atoms with Crippen molar-refractivity contribution in [3.63, 3.8) is 0 Å². The third-order valence-electron chi connectivity index (χ3n) is 3.41. The number of hydrogen-bond donors (Lipinski definition) is 1. The fraction of sp³-hybridized carbons (Fsp3) is 1.00. The van der Waals surface area contributed by atoms with Gasteiger partial charge in [-0.2, -0.15) is 13.2 Å². The molecule has 0 bridgehead atoms. The van der Waals surface area contributed by atoms with E-state index in [-0.39, 0.29) is 18.6 Å². The fourth-order valence-corrected chi connectivity index (χ4v) is 2.24. The molecule has 1 rings (SSSR count). The maximum Gasteiger partial charge on any atom is 0.389 e. The zero-order chi connectivity index (χ0) is 13.8. The van der Waals surface area contributed by atoms with Crippen LogP contribution < -0.4 is 5.32 Å². The minimum atomic E-state index is -4.10. The summed E-state index contributed by atoms with van der Waals surface area (Å²) in [7, 11) is 1.69. The van der Waals surface area contributed by atoms with Gasteiger partial charge in [0, 0.05) is 31.6 Å². The summed E-state index contributed by atoms with van der Waals surface area (Å²) in [5, 5.41) is 2.95. The van der Waals surface area contributed by atoms with Crippen molar-refractivity contribution in [3.8, 4) is 0 Å². The Kier molecular flexibility index (Phi) is 5.88. The summed E-state index contributed by atoms with van der Waals surface area (Å²) >= 11 is 0. The van der Waals surface area contributed by atoms with Crippen LogP contribution >= 0.6 is 0 Å². The molecule has 1 saturated heterocycles. The van der Waals surface area contributed by atoms with Gasteiger partial charge in [0.15, 0.2) is 0 Å². The summed E-state index contributed by atoms with van der Waals surface area (Å²) < 4.78 is 42.3. The highest BCUT2D eigenvalue weighted by atomic mass is 19.4. The summed E-state index contributed by atoms with van der Waals surface area (Å²) in [6.45, 7) is 6.32. The lowest BCUT2D eigenvalue weighted by atomic mass is 10.0. The first kappa shape index (κ1) is 15.7. The second-order valence-corrected chi connectivity index (χ2v) is 5.05. The van der Waals surface area contributed by atoms with Crippen molar-refractivity contribution in [1.82, 2.24) is 10.2 Å². The maximum atomic E-state index is 12.2. The van der Waals surface area contributed by atoms with Crippen LogP contribution in [-0.2, 0) is 4.74 Å². The minimum Gasteiger partial charge on any atom is -0.374 e. The number of nitrogens with one attached hydrogen (secondary N) is 1. The van der Waals surface area contributed by atoms with E-state index in [1.54, 1.807) is 7.05 Å². The molecule has 108 valence electrons. The largest absolute Gasteiger partial charge is 0.389 e. The minimum absolute atomic E-state index is 0.0661. The lowest BCUT2D eigenvalue weighted by Gasteiger charge is -2.39. The van der Waals surface area contributed by atoms with Crippen molar-refractivity contribution in [1.29, 1.82) is 0 Å². The molecule has 6 heteroatoms. The molecule has 0 spiro atoms. The summed E-state index contributed by atoms with van der Waals surface area (Å²) in [6.07, 6.45) is -4.95. The van der Waals surface area contributed by atoms with Gasteiger partial charge < -0.3 is 10.1 Å². The number of halogens is 3. The van der Waals surface area contributed by atoms with Crippen molar-refractivity contribution in [2.24, 2.45) is 0 Å². The van der Waals surface area contributed by atoms with Crippen molar-refractivity contribution < 1.29 is 17.9 Å². The lowest BCUT2D eigenvalue weighted by molar-refractivity contribution is -0.140. The molecule has 1 fully saturated rings. The van der Waals surface area contributed by atoms with Gasteiger partial charge in [-0.25, -0.2) is 0 Å². The Morgan fingerprint density at radius 1 is 1.39 bits per heavy atom. The molecular weight excluding hydrogens is 245 g/mol.